The number of likely N-dealkylation sites (tertiary alicyclic amines) is 1. The second-order valence-electron chi connectivity index (χ2n) is 13.3. The van der Waals surface area contributed by atoms with Gasteiger partial charge < -0.3 is 24.8 Å². The molecule has 218 valence electrons. The van der Waals surface area contributed by atoms with Gasteiger partial charge in [0.05, 0.1) is 13.2 Å². The molecular weight excluding hydrogens is 504 g/mol. The number of aliphatic carboxylic acids is 1. The lowest BCUT2D eigenvalue weighted by Gasteiger charge is -2.36. The summed E-state index contributed by atoms with van der Waals surface area (Å²) in [6.07, 6.45) is 1.80. The normalized spacial score (nSPS) is 25.6. The molecule has 2 N–H and O–H groups in total. The Kier molecular flexibility index (Phi) is 8.96. The third-order valence-corrected chi connectivity index (χ3v) is 8.44. The number of carbonyl (C=O) groups is 2. The molecule has 2 saturated heterocycles. The van der Waals surface area contributed by atoms with Crippen molar-refractivity contribution in [1.82, 2.24) is 10.2 Å². The Morgan fingerprint density at radius 2 is 1.75 bits per heavy atom. The highest BCUT2D eigenvalue weighted by atomic mass is 16.5. The fraction of sp³-hybridized carbons (Fsp3) is 0.576. The van der Waals surface area contributed by atoms with Gasteiger partial charge in [-0.2, -0.15) is 0 Å². The molecule has 1 unspecified atom stereocenters. The van der Waals surface area contributed by atoms with Gasteiger partial charge in [0, 0.05) is 30.7 Å². The van der Waals surface area contributed by atoms with E-state index in [1.54, 1.807) is 12.0 Å². The van der Waals surface area contributed by atoms with Crippen molar-refractivity contribution in [3.8, 4) is 5.75 Å². The highest BCUT2D eigenvalue weighted by Gasteiger charge is 2.58. The number of nitrogens with zero attached hydrogens (tertiary/aromatic N) is 1. The molecule has 2 aliphatic heterocycles. The van der Waals surface area contributed by atoms with E-state index in [2.05, 4.69) is 59.0 Å². The number of carboxylic acid groups (broad SMARTS) is 1. The molecule has 7 heteroatoms. The lowest BCUT2D eigenvalue weighted by Crippen LogP contribution is -2.51. The highest BCUT2D eigenvalue weighted by molar-refractivity contribution is 5.88. The van der Waals surface area contributed by atoms with Crippen molar-refractivity contribution in [2.24, 2.45) is 11.3 Å². The number of methoxy groups -OCH3 is 1. The van der Waals surface area contributed by atoms with Gasteiger partial charge in [0.25, 0.3) is 5.91 Å². The predicted octanol–water partition coefficient (Wildman–Crippen LogP) is 5.72. The molecule has 0 aliphatic carbocycles. The van der Waals surface area contributed by atoms with Crippen LogP contribution in [-0.2, 0) is 26.3 Å². The van der Waals surface area contributed by atoms with Crippen LogP contribution in [0.5, 0.6) is 5.75 Å². The maximum atomic E-state index is 14.1. The highest BCUT2D eigenvalue weighted by Crippen LogP contribution is 2.49. The van der Waals surface area contributed by atoms with Gasteiger partial charge in [-0.1, -0.05) is 84.0 Å². The number of hydrogen-bond donors (Lipinski definition) is 2. The van der Waals surface area contributed by atoms with Gasteiger partial charge in [-0.25, -0.2) is 4.79 Å². The van der Waals surface area contributed by atoms with Crippen LogP contribution in [0.4, 0.5) is 0 Å². The third-order valence-electron chi connectivity index (χ3n) is 8.44. The Morgan fingerprint density at radius 3 is 2.30 bits per heavy atom. The fourth-order valence-electron chi connectivity index (χ4n) is 6.44. The smallest absolute Gasteiger partial charge is 0.326 e. The molecule has 2 heterocycles. The number of amides is 1. The SMILES string of the molecule is COc1ccc(C(C)(C)C)cc1CN[C@H]1[C@H](C(C)(C)C)[C@@H](C(=O)O)N(C(=O)C2CCCCO2)[C@H]1c1ccccc1. The molecule has 2 aromatic rings. The Morgan fingerprint density at radius 1 is 1.05 bits per heavy atom. The minimum Gasteiger partial charge on any atom is -0.496 e. The molecule has 7 nitrogen and oxygen atoms in total. The minimum atomic E-state index is -0.997. The largest absolute Gasteiger partial charge is 0.496 e. The van der Waals surface area contributed by atoms with E-state index in [0.29, 0.717) is 19.6 Å². The number of nitrogens with one attached hydrogen (secondary N) is 1. The van der Waals surface area contributed by atoms with Crippen molar-refractivity contribution < 1.29 is 24.2 Å². The maximum absolute atomic E-state index is 14.1. The van der Waals surface area contributed by atoms with Crippen LogP contribution in [0.15, 0.2) is 48.5 Å². The molecule has 0 radical (unpaired) electrons. The zero-order valence-electron chi connectivity index (χ0n) is 25.1. The first kappa shape index (κ1) is 30.1. The summed E-state index contributed by atoms with van der Waals surface area (Å²) in [7, 11) is 1.67. The van der Waals surface area contributed by atoms with Gasteiger partial charge in [0.15, 0.2) is 0 Å². The monoisotopic (exact) mass is 550 g/mol. The molecule has 40 heavy (non-hydrogen) atoms. The van der Waals surface area contributed by atoms with E-state index in [1.807, 2.05) is 36.4 Å². The number of ether oxygens (including phenoxy) is 2. The third kappa shape index (κ3) is 6.21. The molecule has 1 amide bonds. The van der Waals surface area contributed by atoms with E-state index < -0.39 is 29.6 Å². The predicted molar refractivity (Wildman–Crippen MR) is 156 cm³/mol. The van der Waals surface area contributed by atoms with E-state index in [0.717, 1.165) is 29.7 Å². The molecule has 2 aliphatic rings. The summed E-state index contributed by atoms with van der Waals surface area (Å²) >= 11 is 0. The Bertz CT molecular complexity index is 1180. The van der Waals surface area contributed by atoms with Crippen molar-refractivity contribution in [1.29, 1.82) is 0 Å². The molecule has 5 atom stereocenters. The number of carboxylic acids is 1. The summed E-state index contributed by atoms with van der Waals surface area (Å²) < 4.78 is 11.6. The summed E-state index contributed by atoms with van der Waals surface area (Å²) in [6, 6.07) is 14.3. The second-order valence-corrected chi connectivity index (χ2v) is 13.3. The van der Waals surface area contributed by atoms with Crippen molar-refractivity contribution >= 4 is 11.9 Å². The number of benzene rings is 2. The topological polar surface area (TPSA) is 88.1 Å². The minimum absolute atomic E-state index is 0.0352. The summed E-state index contributed by atoms with van der Waals surface area (Å²) in [6.45, 7) is 13.7. The second kappa shape index (κ2) is 11.9. The molecule has 2 aromatic carbocycles. The molecule has 2 fully saturated rings. The van der Waals surface area contributed by atoms with Crippen molar-refractivity contribution in [2.75, 3.05) is 13.7 Å². The fourth-order valence-corrected chi connectivity index (χ4v) is 6.44. The van der Waals surface area contributed by atoms with Crippen LogP contribution in [0, 0.1) is 11.3 Å². The van der Waals surface area contributed by atoms with Crippen LogP contribution in [0.25, 0.3) is 0 Å². The molecule has 0 bridgehead atoms. The lowest BCUT2D eigenvalue weighted by atomic mass is 9.72. The van der Waals surface area contributed by atoms with E-state index in [-0.39, 0.29) is 23.3 Å². The standard InChI is InChI=1S/C33H46N2O5/c1-32(2,3)23-16-17-24(39-7)22(19-23)20-34-27-26(33(4,5)6)29(31(37)38)35(28(27)21-13-9-8-10-14-21)30(36)25-15-11-12-18-40-25/h8-10,13-14,16-17,19,25-29,34H,11-12,15,18,20H2,1-7H3,(H,37,38)/t25?,26-,27-,28-,29-/m0/s1. The first-order valence-electron chi connectivity index (χ1n) is 14.5. The first-order chi connectivity index (χ1) is 18.8. The van der Waals surface area contributed by atoms with Crippen molar-refractivity contribution in [3.63, 3.8) is 0 Å². The molecule has 0 saturated carbocycles. The van der Waals surface area contributed by atoms with E-state index in [9.17, 15) is 14.7 Å². The van der Waals surface area contributed by atoms with Gasteiger partial charge in [0.2, 0.25) is 0 Å². The van der Waals surface area contributed by atoms with Crippen molar-refractivity contribution in [2.45, 2.75) is 97.0 Å². The average molecular weight is 551 g/mol. The van der Waals surface area contributed by atoms with Crippen molar-refractivity contribution in [3.05, 3.63) is 65.2 Å². The van der Waals surface area contributed by atoms with Gasteiger partial charge in [0.1, 0.15) is 17.9 Å². The molecular formula is C33H46N2O5. The summed E-state index contributed by atoms with van der Waals surface area (Å²) in [5.41, 5.74) is 2.66. The average Bonchev–Trinajstić information content (AvgIpc) is 3.28. The van der Waals surface area contributed by atoms with Gasteiger partial charge in [-0.05, 0) is 47.3 Å². The quantitative estimate of drug-likeness (QED) is 0.459. The van der Waals surface area contributed by atoms with Gasteiger partial charge in [-0.3, -0.25) is 4.79 Å². The van der Waals surface area contributed by atoms with E-state index in [1.165, 1.54) is 5.56 Å². The molecule has 4 rings (SSSR count). The van der Waals surface area contributed by atoms with Crippen LogP contribution >= 0.6 is 0 Å². The Balaban J connectivity index is 1.81. The molecule has 0 spiro atoms. The zero-order chi connectivity index (χ0) is 29.2. The van der Waals surface area contributed by atoms with Gasteiger partial charge >= 0.3 is 5.97 Å². The van der Waals surface area contributed by atoms with E-state index in [4.69, 9.17) is 9.47 Å². The number of carbonyl (C=O) groups excluding carboxylic acids is 1. The zero-order valence-corrected chi connectivity index (χ0v) is 25.1. The number of rotatable bonds is 7. The van der Waals surface area contributed by atoms with Crippen LogP contribution in [0.3, 0.4) is 0 Å². The summed E-state index contributed by atoms with van der Waals surface area (Å²) in [5, 5.41) is 14.4. The van der Waals surface area contributed by atoms with Gasteiger partial charge in [-0.15, -0.1) is 0 Å². The van der Waals surface area contributed by atoms with Crippen LogP contribution in [0.2, 0.25) is 0 Å². The van der Waals surface area contributed by atoms with Crippen LogP contribution in [0.1, 0.15) is 83.5 Å². The van der Waals surface area contributed by atoms with Crippen LogP contribution < -0.4 is 10.1 Å². The first-order valence-corrected chi connectivity index (χ1v) is 14.5. The van der Waals surface area contributed by atoms with E-state index >= 15 is 0 Å². The summed E-state index contributed by atoms with van der Waals surface area (Å²) in [4.78, 5) is 28.8. The summed E-state index contributed by atoms with van der Waals surface area (Å²) in [5.74, 6) is -0.798. The Hall–Kier alpha value is -2.90. The lowest BCUT2D eigenvalue weighted by molar-refractivity contribution is -0.159. The Labute approximate surface area is 239 Å². The maximum Gasteiger partial charge on any atom is 0.326 e. The molecule has 0 aromatic heterocycles. The van der Waals surface area contributed by atoms with Crippen LogP contribution in [-0.4, -0.2) is 53.8 Å². The number of hydrogen-bond acceptors (Lipinski definition) is 5.